The van der Waals surface area contributed by atoms with Crippen molar-refractivity contribution in [2.45, 2.75) is 56.9 Å². The number of aryl methyl sites for hydroxylation is 1. The molecule has 2 aromatic rings. The maximum Gasteiger partial charge on any atom is 0.410 e. The van der Waals surface area contributed by atoms with E-state index in [1.165, 1.54) is 25.6 Å². The second-order valence-corrected chi connectivity index (χ2v) is 10.6. The van der Waals surface area contributed by atoms with Crippen LogP contribution in [0.15, 0.2) is 29.0 Å². The van der Waals surface area contributed by atoms with Crippen LogP contribution >= 0.6 is 0 Å². The fraction of sp³-hybridized carbons (Fsp3) is 0.577. The summed E-state index contributed by atoms with van der Waals surface area (Å²) in [6, 6.07) is -1.51. The van der Waals surface area contributed by atoms with E-state index in [1.807, 2.05) is 12.2 Å². The number of alkyl halides is 3. The Bertz CT molecular complexity index is 1260. The molecule has 4 amide bonds. The lowest BCUT2D eigenvalue weighted by atomic mass is 9.93. The number of hydrogen-bond donors (Lipinski definition) is 3. The summed E-state index contributed by atoms with van der Waals surface area (Å²) in [5.74, 6) is 0.693. The highest BCUT2D eigenvalue weighted by molar-refractivity contribution is 6.01. The Labute approximate surface area is 228 Å². The zero-order valence-corrected chi connectivity index (χ0v) is 22.0. The normalized spacial score (nSPS) is 25.2. The van der Waals surface area contributed by atoms with Crippen LogP contribution in [0.3, 0.4) is 0 Å². The van der Waals surface area contributed by atoms with Gasteiger partial charge in [-0.3, -0.25) is 9.59 Å². The van der Waals surface area contributed by atoms with Gasteiger partial charge in [-0.15, -0.1) is 0 Å². The van der Waals surface area contributed by atoms with E-state index in [0.717, 1.165) is 24.2 Å². The van der Waals surface area contributed by atoms with E-state index in [-0.39, 0.29) is 23.9 Å². The van der Waals surface area contributed by atoms with Crippen LogP contribution in [0.5, 0.6) is 0 Å². The highest BCUT2D eigenvalue weighted by Gasteiger charge is 2.50. The molecule has 0 bridgehead atoms. The molecule has 1 aliphatic heterocycles. The third-order valence-corrected chi connectivity index (χ3v) is 7.99. The number of rotatable bonds is 10. The Balaban J connectivity index is 1.33. The van der Waals surface area contributed by atoms with Gasteiger partial charge in [0, 0.05) is 19.7 Å². The fourth-order valence-corrected chi connectivity index (χ4v) is 5.82. The number of pyridine rings is 1. The van der Waals surface area contributed by atoms with Crippen LogP contribution in [0.25, 0.3) is 0 Å². The van der Waals surface area contributed by atoms with E-state index in [1.54, 1.807) is 6.07 Å². The van der Waals surface area contributed by atoms with Crippen molar-refractivity contribution < 1.29 is 36.8 Å². The van der Waals surface area contributed by atoms with Gasteiger partial charge in [0.15, 0.2) is 0 Å². The van der Waals surface area contributed by atoms with Gasteiger partial charge in [0.2, 0.25) is 5.91 Å². The number of carbonyl (C=O) groups excluding carboxylic acids is 3. The largest absolute Gasteiger partial charge is 0.410 e. The second-order valence-electron chi connectivity index (χ2n) is 10.6. The number of halogens is 3. The molecule has 2 saturated carbocycles. The number of nitrogens with one attached hydrogen (secondary N) is 3. The maximum atomic E-state index is 13.5. The Morgan fingerprint density at radius 3 is 2.67 bits per heavy atom. The number of methoxy groups -OCH3 is 1. The predicted octanol–water partition coefficient (Wildman–Crippen LogP) is 3.06. The van der Waals surface area contributed by atoms with Crippen LogP contribution < -0.4 is 16.0 Å². The monoisotopic (exact) mass is 564 g/mol. The molecule has 0 radical (unpaired) electrons. The van der Waals surface area contributed by atoms with Crippen molar-refractivity contribution in [1.29, 1.82) is 0 Å². The summed E-state index contributed by atoms with van der Waals surface area (Å²) in [5.41, 5.74) is 0.705. The van der Waals surface area contributed by atoms with Crippen LogP contribution in [0.2, 0.25) is 0 Å². The number of urea groups is 1. The molecule has 0 aromatic carbocycles. The van der Waals surface area contributed by atoms with Crippen LogP contribution in [0.1, 0.15) is 53.9 Å². The number of aromatic nitrogens is 2. The molecule has 11 nitrogen and oxygen atoms in total. The summed E-state index contributed by atoms with van der Waals surface area (Å²) in [4.78, 5) is 44.2. The number of carbonyl (C=O) groups is 3. The number of anilines is 1. The maximum absolute atomic E-state index is 13.5. The fourth-order valence-electron chi connectivity index (χ4n) is 5.82. The average Bonchev–Trinajstić information content (AvgIpc) is 3.27. The molecular weight excluding hydrogens is 533 g/mol. The van der Waals surface area contributed by atoms with Gasteiger partial charge in [-0.1, -0.05) is 12.1 Å². The molecule has 40 heavy (non-hydrogen) atoms. The van der Waals surface area contributed by atoms with Crippen molar-refractivity contribution in [3.8, 4) is 0 Å². The summed E-state index contributed by atoms with van der Waals surface area (Å²) in [5, 5.41) is 11.3. The first-order chi connectivity index (χ1) is 19.1. The molecule has 4 unspecified atom stereocenters. The Kier molecular flexibility index (Phi) is 7.71. The van der Waals surface area contributed by atoms with Gasteiger partial charge in [0.1, 0.15) is 29.2 Å². The van der Waals surface area contributed by atoms with Gasteiger partial charge in [-0.2, -0.15) is 13.2 Å². The lowest BCUT2D eigenvalue weighted by molar-refractivity contribution is -0.150. The highest BCUT2D eigenvalue weighted by Crippen LogP contribution is 2.55. The van der Waals surface area contributed by atoms with E-state index < -0.39 is 48.7 Å². The topological polar surface area (TPSA) is 139 Å². The zero-order valence-electron chi connectivity index (χ0n) is 22.0. The zero-order chi connectivity index (χ0) is 28.6. The SMILES string of the molecule is CCc1oncc1C(=O)N[C@H](C(=O)Nc1cc(C(COC)N2CC(C(F)(F)F)NC2=O)ccn1)C1CC2C[C@H]2C1. The van der Waals surface area contributed by atoms with Crippen LogP contribution in [-0.4, -0.2) is 71.4 Å². The summed E-state index contributed by atoms with van der Waals surface area (Å²) in [6.45, 7) is 1.18. The molecule has 3 N–H and O–H groups in total. The molecular formula is C26H31F3N6O5. The molecule has 14 heteroatoms. The molecule has 1 saturated heterocycles. The molecule has 2 aromatic heterocycles. The van der Waals surface area contributed by atoms with E-state index >= 15 is 0 Å². The molecule has 6 atom stereocenters. The molecule has 5 rings (SSSR count). The molecule has 3 fully saturated rings. The van der Waals surface area contributed by atoms with Crippen molar-refractivity contribution >= 4 is 23.7 Å². The van der Waals surface area contributed by atoms with Crippen LogP contribution in [0, 0.1) is 17.8 Å². The summed E-state index contributed by atoms with van der Waals surface area (Å²) >= 11 is 0. The third-order valence-electron chi connectivity index (χ3n) is 7.99. The average molecular weight is 565 g/mol. The molecule has 0 spiro atoms. The number of ether oxygens (including phenoxy) is 1. The Hall–Kier alpha value is -3.68. The number of nitrogens with zero attached hydrogens (tertiary/aromatic N) is 3. The lowest BCUT2D eigenvalue weighted by Crippen LogP contribution is -2.48. The number of hydrogen-bond acceptors (Lipinski definition) is 7. The quantitative estimate of drug-likeness (QED) is 0.403. The predicted molar refractivity (Wildman–Crippen MR) is 134 cm³/mol. The molecule has 2 aliphatic carbocycles. The minimum Gasteiger partial charge on any atom is -0.382 e. The highest BCUT2D eigenvalue weighted by atomic mass is 19.4. The first-order valence-corrected chi connectivity index (χ1v) is 13.2. The van der Waals surface area contributed by atoms with E-state index in [4.69, 9.17) is 9.26 Å². The standard InChI is InChI=1S/C26H31F3N6O5/c1-3-19-17(10-31-40-19)23(36)34-22(16-7-14-6-15(14)8-16)24(37)33-21-9-13(4-5-30-21)18(12-39-2)35-11-20(26(27,28)29)32-25(35)38/h4-5,9-10,14-16,18,20,22H,3,6-8,11-12H2,1-2H3,(H,32,38)(H,34,36)(H,30,33,37)/t14-,15?,16?,18?,20?,22-/m0/s1. The minimum atomic E-state index is -4.59. The Morgan fingerprint density at radius 2 is 2.02 bits per heavy atom. The summed E-state index contributed by atoms with van der Waals surface area (Å²) in [7, 11) is 1.38. The summed E-state index contributed by atoms with van der Waals surface area (Å²) < 4.78 is 50.1. The van der Waals surface area contributed by atoms with E-state index in [0.29, 0.717) is 29.6 Å². The Morgan fingerprint density at radius 1 is 1.27 bits per heavy atom. The van der Waals surface area contributed by atoms with Crippen LogP contribution in [0.4, 0.5) is 23.8 Å². The molecule has 3 aliphatic rings. The van der Waals surface area contributed by atoms with Gasteiger partial charge in [-0.25, -0.2) is 9.78 Å². The number of amides is 4. The number of fused-ring (bicyclic) bond motifs is 1. The molecule has 3 heterocycles. The van der Waals surface area contributed by atoms with Crippen molar-refractivity contribution in [3.63, 3.8) is 0 Å². The van der Waals surface area contributed by atoms with E-state index in [2.05, 4.69) is 20.8 Å². The molecule has 216 valence electrons. The van der Waals surface area contributed by atoms with Gasteiger partial charge in [0.25, 0.3) is 5.91 Å². The van der Waals surface area contributed by atoms with Crippen molar-refractivity contribution in [2.75, 3.05) is 25.6 Å². The smallest absolute Gasteiger partial charge is 0.382 e. The lowest BCUT2D eigenvalue weighted by Gasteiger charge is -2.27. The minimum absolute atomic E-state index is 0.0605. The second kappa shape index (κ2) is 11.1. The van der Waals surface area contributed by atoms with Gasteiger partial charge in [0.05, 0.1) is 25.4 Å². The van der Waals surface area contributed by atoms with E-state index in [9.17, 15) is 27.6 Å². The third kappa shape index (κ3) is 5.76. The van der Waals surface area contributed by atoms with Crippen molar-refractivity contribution in [3.05, 3.63) is 41.4 Å². The van der Waals surface area contributed by atoms with Crippen LogP contribution in [-0.2, 0) is 16.0 Å². The first kappa shape index (κ1) is 27.9. The van der Waals surface area contributed by atoms with Gasteiger partial charge in [-0.05, 0) is 54.7 Å². The van der Waals surface area contributed by atoms with Crippen molar-refractivity contribution in [2.24, 2.45) is 17.8 Å². The summed E-state index contributed by atoms with van der Waals surface area (Å²) in [6.07, 6.45) is 1.37. The first-order valence-electron chi connectivity index (χ1n) is 13.2. The van der Waals surface area contributed by atoms with Gasteiger partial charge < -0.3 is 30.1 Å². The van der Waals surface area contributed by atoms with Gasteiger partial charge >= 0.3 is 12.2 Å². The van der Waals surface area contributed by atoms with Crippen molar-refractivity contribution in [1.82, 2.24) is 25.7 Å².